The van der Waals surface area contributed by atoms with Crippen LogP contribution in [-0.4, -0.2) is 44.8 Å². The van der Waals surface area contributed by atoms with Gasteiger partial charge in [-0.3, -0.25) is 4.79 Å². The topological polar surface area (TPSA) is 84.7 Å². The van der Waals surface area contributed by atoms with E-state index in [1.165, 1.54) is 6.42 Å². The summed E-state index contributed by atoms with van der Waals surface area (Å²) in [6.07, 6.45) is 2.64. The Morgan fingerprint density at radius 1 is 1.27 bits per heavy atom. The van der Waals surface area contributed by atoms with Crippen LogP contribution in [0, 0.1) is 27.7 Å². The maximum Gasteiger partial charge on any atom is 0.251 e. The zero-order chi connectivity index (χ0) is 18.0. The first-order valence-electron chi connectivity index (χ1n) is 8.82. The molecule has 3 rings (SSSR count). The van der Waals surface area contributed by atoms with Crippen molar-refractivity contribution in [2.24, 2.45) is 0 Å². The third kappa shape index (κ3) is 4.59. The van der Waals surface area contributed by atoms with Crippen LogP contribution < -0.4 is 10.6 Å². The highest BCUT2D eigenvalue weighted by molar-refractivity contribution is 5.85. The van der Waals surface area contributed by atoms with Crippen LogP contribution in [0.4, 0.5) is 0 Å². The lowest BCUT2D eigenvalue weighted by Gasteiger charge is -2.11. The number of nitrogens with zero attached hydrogens (tertiary/aromatic N) is 4. The molecule has 1 saturated heterocycles. The van der Waals surface area contributed by atoms with E-state index in [0.717, 1.165) is 41.3 Å². The van der Waals surface area contributed by atoms with Gasteiger partial charge in [0.2, 0.25) is 5.91 Å². The molecule has 2 aromatic heterocycles. The van der Waals surface area contributed by atoms with E-state index in [2.05, 4.69) is 25.7 Å². The zero-order valence-electron chi connectivity index (χ0n) is 15.8. The SMILES string of the molecule is Cc1cc(C)nc(-n2nc(C)c(CC(=O)NCC3CCCN3)c2C)n1.Cl. The minimum absolute atomic E-state index is 0. The van der Waals surface area contributed by atoms with E-state index in [0.29, 0.717) is 25.0 Å². The molecule has 1 unspecified atom stereocenters. The molecule has 1 amide bonds. The van der Waals surface area contributed by atoms with Crippen molar-refractivity contribution in [3.05, 3.63) is 34.4 Å². The standard InChI is InChI=1S/C18H26N6O.ClH/c1-11-8-12(2)22-18(21-11)24-14(4)16(13(3)23-24)9-17(25)20-10-15-6-5-7-19-15;/h8,15,19H,5-7,9-10H2,1-4H3,(H,20,25);1H. The summed E-state index contributed by atoms with van der Waals surface area (Å²) < 4.78 is 1.73. The molecule has 8 heteroatoms. The number of carbonyl (C=O) groups excluding carboxylic acids is 1. The molecule has 0 bridgehead atoms. The summed E-state index contributed by atoms with van der Waals surface area (Å²) in [6.45, 7) is 9.49. The molecule has 142 valence electrons. The molecule has 0 aromatic carbocycles. The lowest BCUT2D eigenvalue weighted by Crippen LogP contribution is -2.37. The van der Waals surface area contributed by atoms with Crippen LogP contribution in [0.15, 0.2) is 6.07 Å². The fourth-order valence-corrected chi connectivity index (χ4v) is 3.32. The number of nitrogens with one attached hydrogen (secondary N) is 2. The average molecular weight is 379 g/mol. The van der Waals surface area contributed by atoms with Crippen molar-refractivity contribution in [1.29, 1.82) is 0 Å². The molecule has 2 aromatic rings. The molecule has 1 atom stereocenters. The maximum absolute atomic E-state index is 12.3. The Labute approximate surface area is 160 Å². The smallest absolute Gasteiger partial charge is 0.251 e. The first kappa shape index (κ1) is 20.3. The van der Waals surface area contributed by atoms with Gasteiger partial charge >= 0.3 is 0 Å². The Bertz CT molecular complexity index is 762. The first-order chi connectivity index (χ1) is 11.9. The van der Waals surface area contributed by atoms with Gasteiger partial charge in [0.05, 0.1) is 12.1 Å². The molecule has 3 heterocycles. The maximum atomic E-state index is 12.3. The molecular weight excluding hydrogens is 352 g/mol. The van der Waals surface area contributed by atoms with Gasteiger partial charge in [-0.2, -0.15) is 5.10 Å². The summed E-state index contributed by atoms with van der Waals surface area (Å²) in [5.74, 6) is 0.584. The highest BCUT2D eigenvalue weighted by atomic mass is 35.5. The first-order valence-corrected chi connectivity index (χ1v) is 8.82. The van der Waals surface area contributed by atoms with E-state index in [-0.39, 0.29) is 18.3 Å². The molecule has 2 N–H and O–H groups in total. The summed E-state index contributed by atoms with van der Waals surface area (Å²) in [5.41, 5.74) is 4.50. The normalized spacial score (nSPS) is 16.4. The van der Waals surface area contributed by atoms with Crippen LogP contribution in [-0.2, 0) is 11.2 Å². The third-order valence-electron chi connectivity index (χ3n) is 4.65. The number of hydrogen-bond acceptors (Lipinski definition) is 5. The summed E-state index contributed by atoms with van der Waals surface area (Å²) in [4.78, 5) is 21.3. The van der Waals surface area contributed by atoms with Crippen LogP contribution in [0.2, 0.25) is 0 Å². The molecule has 0 radical (unpaired) electrons. The second kappa shape index (κ2) is 8.60. The molecule has 1 aliphatic heterocycles. The number of aryl methyl sites for hydroxylation is 3. The van der Waals surface area contributed by atoms with Gasteiger partial charge in [-0.25, -0.2) is 14.6 Å². The Kier molecular flexibility index (Phi) is 6.72. The van der Waals surface area contributed by atoms with Gasteiger partial charge in [-0.1, -0.05) is 0 Å². The molecule has 0 aliphatic carbocycles. The minimum atomic E-state index is 0. The van der Waals surface area contributed by atoms with E-state index >= 15 is 0 Å². The Balaban J connectivity index is 0.00000243. The van der Waals surface area contributed by atoms with Crippen LogP contribution >= 0.6 is 12.4 Å². The van der Waals surface area contributed by atoms with Crippen LogP contribution in [0.1, 0.15) is 41.2 Å². The van der Waals surface area contributed by atoms with Gasteiger partial charge < -0.3 is 10.6 Å². The van der Waals surface area contributed by atoms with Crippen LogP contribution in [0.25, 0.3) is 5.95 Å². The Morgan fingerprint density at radius 2 is 1.96 bits per heavy atom. The molecule has 7 nitrogen and oxygen atoms in total. The average Bonchev–Trinajstić information content (AvgIpc) is 3.15. The summed E-state index contributed by atoms with van der Waals surface area (Å²) >= 11 is 0. The van der Waals surface area contributed by atoms with Gasteiger partial charge in [0.25, 0.3) is 5.95 Å². The molecule has 1 aliphatic rings. The fourth-order valence-electron chi connectivity index (χ4n) is 3.32. The number of amides is 1. The van der Waals surface area contributed by atoms with E-state index in [1.54, 1.807) is 4.68 Å². The van der Waals surface area contributed by atoms with Crippen molar-refractivity contribution in [3.63, 3.8) is 0 Å². The van der Waals surface area contributed by atoms with Crippen molar-refractivity contribution >= 4 is 18.3 Å². The molecule has 0 saturated carbocycles. The fraction of sp³-hybridized carbons (Fsp3) is 0.556. The highest BCUT2D eigenvalue weighted by Crippen LogP contribution is 2.17. The van der Waals surface area contributed by atoms with Gasteiger partial charge in [-0.15, -0.1) is 12.4 Å². The third-order valence-corrected chi connectivity index (χ3v) is 4.65. The lowest BCUT2D eigenvalue weighted by atomic mass is 10.1. The van der Waals surface area contributed by atoms with Gasteiger partial charge in [0, 0.05) is 35.2 Å². The highest BCUT2D eigenvalue weighted by Gasteiger charge is 2.19. The minimum Gasteiger partial charge on any atom is -0.354 e. The number of rotatable bonds is 5. The number of halogens is 1. The van der Waals surface area contributed by atoms with Crippen LogP contribution in [0.3, 0.4) is 0 Å². The second-order valence-corrected chi connectivity index (χ2v) is 6.79. The summed E-state index contributed by atoms with van der Waals surface area (Å²) in [6, 6.07) is 2.33. The van der Waals surface area contributed by atoms with Gasteiger partial charge in [0.15, 0.2) is 0 Å². The van der Waals surface area contributed by atoms with E-state index in [1.807, 2.05) is 33.8 Å². The predicted octanol–water partition coefficient (Wildman–Crippen LogP) is 1.73. The number of hydrogen-bond donors (Lipinski definition) is 2. The van der Waals surface area contributed by atoms with E-state index in [9.17, 15) is 4.79 Å². The zero-order valence-corrected chi connectivity index (χ0v) is 16.6. The Morgan fingerprint density at radius 3 is 2.58 bits per heavy atom. The quantitative estimate of drug-likeness (QED) is 0.827. The van der Waals surface area contributed by atoms with Gasteiger partial charge in [-0.05, 0) is 53.1 Å². The van der Waals surface area contributed by atoms with Crippen molar-refractivity contribution in [1.82, 2.24) is 30.4 Å². The molecule has 0 spiro atoms. The number of carbonyl (C=O) groups is 1. The predicted molar refractivity (Wildman–Crippen MR) is 103 cm³/mol. The Hall–Kier alpha value is -1.99. The van der Waals surface area contributed by atoms with Crippen LogP contribution in [0.5, 0.6) is 0 Å². The van der Waals surface area contributed by atoms with E-state index in [4.69, 9.17) is 0 Å². The summed E-state index contributed by atoms with van der Waals surface area (Å²) in [7, 11) is 0. The van der Waals surface area contributed by atoms with Crippen molar-refractivity contribution in [2.45, 2.75) is 53.0 Å². The van der Waals surface area contributed by atoms with Crippen molar-refractivity contribution < 1.29 is 4.79 Å². The van der Waals surface area contributed by atoms with Gasteiger partial charge in [0.1, 0.15) is 0 Å². The van der Waals surface area contributed by atoms with Crippen molar-refractivity contribution in [2.75, 3.05) is 13.1 Å². The molecule has 26 heavy (non-hydrogen) atoms. The van der Waals surface area contributed by atoms with E-state index < -0.39 is 0 Å². The molecular formula is C18H27ClN6O. The molecule has 1 fully saturated rings. The second-order valence-electron chi connectivity index (χ2n) is 6.79. The largest absolute Gasteiger partial charge is 0.354 e. The summed E-state index contributed by atoms with van der Waals surface area (Å²) in [5, 5.41) is 11.0. The monoisotopic (exact) mass is 378 g/mol. The van der Waals surface area contributed by atoms with Crippen molar-refractivity contribution in [3.8, 4) is 5.95 Å². The number of aromatic nitrogens is 4. The lowest BCUT2D eigenvalue weighted by molar-refractivity contribution is -0.120.